The highest BCUT2D eigenvalue weighted by Gasteiger charge is 2.18. The number of H-pyrrole nitrogens is 1. The van der Waals surface area contributed by atoms with Crippen LogP contribution in [0.5, 0.6) is 0 Å². The van der Waals surface area contributed by atoms with Gasteiger partial charge in [0.2, 0.25) is 11.9 Å². The number of carbonyl (C=O) groups excluding carboxylic acids is 1. The number of hydrogen-bond donors (Lipinski definition) is 4. The molecule has 0 aliphatic carbocycles. The first kappa shape index (κ1) is 19.1. The minimum atomic E-state index is -0.216. The Labute approximate surface area is 175 Å². The van der Waals surface area contributed by atoms with Crippen molar-refractivity contribution in [1.29, 1.82) is 0 Å². The molecule has 0 unspecified atom stereocenters. The fraction of sp³-hybridized carbons (Fsp3) is 0.200. The number of aromatic amines is 1. The Morgan fingerprint density at radius 3 is 2.72 bits per heavy atom. The second-order valence-corrected chi connectivity index (χ2v) is 7.90. The zero-order chi connectivity index (χ0) is 20.5. The van der Waals surface area contributed by atoms with E-state index in [-0.39, 0.29) is 17.4 Å². The molecule has 0 radical (unpaired) electrons. The number of rotatable bonds is 5. The molecule has 0 saturated heterocycles. The smallest absolute Gasteiger partial charge is 0.271 e. The van der Waals surface area contributed by atoms with Crippen molar-refractivity contribution in [2.24, 2.45) is 0 Å². The zero-order valence-corrected chi connectivity index (χ0v) is 17.4. The molecule has 3 heterocycles. The van der Waals surface area contributed by atoms with Gasteiger partial charge in [0, 0.05) is 23.3 Å². The van der Waals surface area contributed by atoms with Gasteiger partial charge in [-0.2, -0.15) is 4.98 Å². The summed E-state index contributed by atoms with van der Waals surface area (Å²) in [6.07, 6.45) is 1.96. The average Bonchev–Trinajstić information content (AvgIpc) is 3.05. The van der Waals surface area contributed by atoms with Crippen molar-refractivity contribution in [3.8, 4) is 0 Å². The molecule has 0 atom stereocenters. The Balaban J connectivity index is 1.56. The molecule has 1 aromatic carbocycles. The summed E-state index contributed by atoms with van der Waals surface area (Å²) >= 11 is 3.41. The molecule has 3 aromatic rings. The van der Waals surface area contributed by atoms with Gasteiger partial charge in [0.15, 0.2) is 5.82 Å². The molecule has 0 fully saturated rings. The number of hydrogen-bond acceptors (Lipinski definition) is 6. The molecule has 0 saturated carbocycles. The van der Waals surface area contributed by atoms with Gasteiger partial charge < -0.3 is 20.9 Å². The monoisotopic (exact) mass is 454 g/mol. The third-order valence-corrected chi connectivity index (χ3v) is 5.12. The first-order valence-corrected chi connectivity index (χ1v) is 9.91. The molecule has 29 heavy (non-hydrogen) atoms. The molecule has 4 rings (SSSR count). The van der Waals surface area contributed by atoms with Crippen LogP contribution in [0.3, 0.4) is 0 Å². The molecule has 1 amide bonds. The summed E-state index contributed by atoms with van der Waals surface area (Å²) in [5.41, 5.74) is 3.56. The summed E-state index contributed by atoms with van der Waals surface area (Å²) in [6, 6.07) is 9.19. The second kappa shape index (κ2) is 7.67. The highest BCUT2D eigenvalue weighted by Crippen LogP contribution is 2.28. The standard InChI is InChI=1S/C20H19BrN6O2/c1-10(2)14-5-6-16(19(29)26-14)25-18-13(21)9-22-20(27-18)23-12-3-4-15-11(7-12)8-17(28)24-15/h3-7,9-10H,8H2,1-2H3,(H,24,28)(H,26,29)(H2,22,23,25,27). The van der Waals surface area contributed by atoms with Crippen molar-refractivity contribution in [2.75, 3.05) is 16.0 Å². The van der Waals surface area contributed by atoms with Gasteiger partial charge in [-0.25, -0.2) is 4.98 Å². The number of halogens is 1. The molecule has 1 aliphatic heterocycles. The van der Waals surface area contributed by atoms with E-state index in [0.717, 1.165) is 22.6 Å². The molecule has 2 aromatic heterocycles. The molecule has 4 N–H and O–H groups in total. The van der Waals surface area contributed by atoms with Gasteiger partial charge in [-0.15, -0.1) is 0 Å². The van der Waals surface area contributed by atoms with Crippen LogP contribution in [0, 0.1) is 0 Å². The van der Waals surface area contributed by atoms with Crippen LogP contribution in [-0.4, -0.2) is 20.9 Å². The Hall–Kier alpha value is -3.20. The third kappa shape index (κ3) is 4.14. The lowest BCUT2D eigenvalue weighted by molar-refractivity contribution is -0.115. The fourth-order valence-corrected chi connectivity index (χ4v) is 3.29. The number of anilines is 5. The van der Waals surface area contributed by atoms with Crippen molar-refractivity contribution in [3.05, 3.63) is 62.6 Å². The number of nitrogens with one attached hydrogen (secondary N) is 4. The van der Waals surface area contributed by atoms with Gasteiger partial charge in [0.25, 0.3) is 5.56 Å². The summed E-state index contributed by atoms with van der Waals surface area (Å²) in [6.45, 7) is 4.03. The van der Waals surface area contributed by atoms with Crippen molar-refractivity contribution >= 4 is 50.7 Å². The minimum Gasteiger partial charge on any atom is -0.335 e. The molecule has 9 heteroatoms. The van der Waals surface area contributed by atoms with Crippen molar-refractivity contribution in [2.45, 2.75) is 26.2 Å². The lowest BCUT2D eigenvalue weighted by Crippen LogP contribution is -2.14. The Bertz CT molecular complexity index is 1160. The highest BCUT2D eigenvalue weighted by molar-refractivity contribution is 9.10. The average molecular weight is 455 g/mol. The molecule has 1 aliphatic rings. The quantitative estimate of drug-likeness (QED) is 0.462. The molecule has 0 bridgehead atoms. The van der Waals surface area contributed by atoms with E-state index in [1.165, 1.54) is 0 Å². The lowest BCUT2D eigenvalue weighted by Gasteiger charge is -2.11. The van der Waals surface area contributed by atoms with Crippen LogP contribution >= 0.6 is 15.9 Å². The summed E-state index contributed by atoms with van der Waals surface area (Å²) in [5, 5.41) is 8.98. The van der Waals surface area contributed by atoms with Crippen LogP contribution in [0.1, 0.15) is 31.0 Å². The van der Waals surface area contributed by atoms with Crippen molar-refractivity contribution < 1.29 is 4.79 Å². The first-order valence-electron chi connectivity index (χ1n) is 9.11. The number of amides is 1. The van der Waals surface area contributed by atoms with Crippen molar-refractivity contribution in [1.82, 2.24) is 15.0 Å². The molecule has 148 valence electrons. The number of aromatic nitrogens is 3. The highest BCUT2D eigenvalue weighted by atomic mass is 79.9. The summed E-state index contributed by atoms with van der Waals surface area (Å²) in [5.74, 6) is 1.04. The minimum absolute atomic E-state index is 0.0164. The van der Waals surface area contributed by atoms with Gasteiger partial charge in [-0.05, 0) is 57.7 Å². The van der Waals surface area contributed by atoms with Crippen LogP contribution in [0.15, 0.2) is 45.8 Å². The van der Waals surface area contributed by atoms with E-state index < -0.39 is 0 Å². The van der Waals surface area contributed by atoms with Gasteiger partial charge >= 0.3 is 0 Å². The first-order chi connectivity index (χ1) is 13.9. The van der Waals surface area contributed by atoms with E-state index >= 15 is 0 Å². The lowest BCUT2D eigenvalue weighted by atomic mass is 10.1. The second-order valence-electron chi connectivity index (χ2n) is 7.05. The van der Waals surface area contributed by atoms with Gasteiger partial charge in [0.05, 0.1) is 10.9 Å². The number of benzene rings is 1. The molecular formula is C20H19BrN6O2. The van der Waals surface area contributed by atoms with Crippen LogP contribution in [0.25, 0.3) is 0 Å². The van der Waals surface area contributed by atoms with Crippen LogP contribution in [0.4, 0.5) is 28.8 Å². The maximum absolute atomic E-state index is 12.3. The largest absolute Gasteiger partial charge is 0.335 e. The number of pyridine rings is 1. The number of nitrogens with zero attached hydrogens (tertiary/aromatic N) is 2. The van der Waals surface area contributed by atoms with E-state index in [1.54, 1.807) is 12.3 Å². The SMILES string of the molecule is CC(C)c1ccc(Nc2nc(Nc3ccc4c(c3)CC(=O)N4)ncc2Br)c(=O)[nH]1. The molecule has 8 nitrogen and oxygen atoms in total. The van der Waals surface area contributed by atoms with Gasteiger partial charge in [0.1, 0.15) is 5.69 Å². The molecular weight excluding hydrogens is 436 g/mol. The predicted molar refractivity (Wildman–Crippen MR) is 116 cm³/mol. The summed E-state index contributed by atoms with van der Waals surface area (Å²) in [7, 11) is 0. The Morgan fingerprint density at radius 2 is 1.97 bits per heavy atom. The van der Waals surface area contributed by atoms with E-state index in [1.807, 2.05) is 38.1 Å². The maximum atomic E-state index is 12.3. The number of fused-ring (bicyclic) bond motifs is 1. The topological polar surface area (TPSA) is 112 Å². The van der Waals surface area contributed by atoms with E-state index in [4.69, 9.17) is 0 Å². The summed E-state index contributed by atoms with van der Waals surface area (Å²) in [4.78, 5) is 35.5. The van der Waals surface area contributed by atoms with Crippen LogP contribution < -0.4 is 21.5 Å². The van der Waals surface area contributed by atoms with E-state index in [0.29, 0.717) is 28.3 Å². The van der Waals surface area contributed by atoms with E-state index in [9.17, 15) is 9.59 Å². The molecule has 0 spiro atoms. The van der Waals surface area contributed by atoms with E-state index in [2.05, 4.69) is 46.8 Å². The fourth-order valence-electron chi connectivity index (χ4n) is 3.00. The van der Waals surface area contributed by atoms with Crippen molar-refractivity contribution in [3.63, 3.8) is 0 Å². The third-order valence-electron chi connectivity index (χ3n) is 4.54. The number of carbonyl (C=O) groups is 1. The normalized spacial score (nSPS) is 12.6. The van der Waals surface area contributed by atoms with Gasteiger partial charge in [-0.3, -0.25) is 9.59 Å². The van der Waals surface area contributed by atoms with Crippen LogP contribution in [0.2, 0.25) is 0 Å². The van der Waals surface area contributed by atoms with Crippen LogP contribution in [-0.2, 0) is 11.2 Å². The maximum Gasteiger partial charge on any atom is 0.271 e. The Morgan fingerprint density at radius 1 is 1.14 bits per heavy atom. The van der Waals surface area contributed by atoms with Gasteiger partial charge in [-0.1, -0.05) is 13.8 Å². The Kier molecular flexibility index (Phi) is 5.06. The zero-order valence-electron chi connectivity index (χ0n) is 15.8. The summed E-state index contributed by atoms with van der Waals surface area (Å²) < 4.78 is 0.624. The predicted octanol–water partition coefficient (Wildman–Crippen LogP) is 4.03.